The molecular formula is C22H23ClF2N2O3. The topological polar surface area (TPSA) is 67.4 Å². The summed E-state index contributed by atoms with van der Waals surface area (Å²) < 4.78 is 31.6. The van der Waals surface area contributed by atoms with Gasteiger partial charge in [-0.25, -0.2) is 13.6 Å². The Bertz CT molecular complexity index is 942. The van der Waals surface area contributed by atoms with Gasteiger partial charge in [0, 0.05) is 18.0 Å². The Balaban J connectivity index is 1.53. The van der Waals surface area contributed by atoms with Crippen molar-refractivity contribution in [3.63, 3.8) is 0 Å². The molecule has 3 amide bonds. The molecule has 1 aliphatic carbocycles. The maximum atomic E-state index is 12.9. The smallest absolute Gasteiger partial charge is 0.326 e. The zero-order chi connectivity index (χ0) is 21.9. The molecule has 160 valence electrons. The van der Waals surface area contributed by atoms with Crippen molar-refractivity contribution in [2.45, 2.75) is 39.0 Å². The number of halogens is 3. The Labute approximate surface area is 178 Å². The van der Waals surface area contributed by atoms with Crippen LogP contribution in [0.5, 0.6) is 5.75 Å². The first-order chi connectivity index (χ1) is 14.2. The standard InChI is InChI=1S/C22H23ClF2N2O3/c1-13-10-16(26-21(29)27-20(28)17-7-3-4-8-18(17)23)11-14(2)19(13)30-9-5-6-15-12-22(15,24)25/h3-4,7-8,10-11,15H,5-6,9,12H2,1-2H3,(H2,26,27,28,29). The minimum atomic E-state index is -2.49. The van der Waals surface area contributed by atoms with E-state index in [1.165, 1.54) is 6.07 Å². The summed E-state index contributed by atoms with van der Waals surface area (Å²) in [5.74, 6) is -2.95. The fourth-order valence-electron chi connectivity index (χ4n) is 3.32. The van der Waals surface area contributed by atoms with Crippen LogP contribution in [0.4, 0.5) is 19.3 Å². The lowest BCUT2D eigenvalue weighted by atomic mass is 10.1. The summed E-state index contributed by atoms with van der Waals surface area (Å²) in [6, 6.07) is 9.19. The third kappa shape index (κ3) is 5.48. The van der Waals surface area contributed by atoms with Crippen molar-refractivity contribution in [2.75, 3.05) is 11.9 Å². The van der Waals surface area contributed by atoms with E-state index < -0.39 is 23.8 Å². The van der Waals surface area contributed by atoms with E-state index in [-0.39, 0.29) is 17.0 Å². The molecule has 2 aromatic rings. The summed E-state index contributed by atoms with van der Waals surface area (Å²) in [5, 5.41) is 5.11. The van der Waals surface area contributed by atoms with E-state index in [4.69, 9.17) is 16.3 Å². The first-order valence-corrected chi connectivity index (χ1v) is 10.0. The summed E-state index contributed by atoms with van der Waals surface area (Å²) in [7, 11) is 0. The average Bonchev–Trinajstić information content (AvgIpc) is 3.27. The van der Waals surface area contributed by atoms with Gasteiger partial charge in [0.15, 0.2) is 0 Å². The molecule has 0 aliphatic heterocycles. The average molecular weight is 437 g/mol. The van der Waals surface area contributed by atoms with E-state index in [1.54, 1.807) is 30.3 Å². The molecule has 0 saturated heterocycles. The Morgan fingerprint density at radius 1 is 1.20 bits per heavy atom. The number of alkyl halides is 2. The molecule has 1 aliphatic rings. The monoisotopic (exact) mass is 436 g/mol. The maximum absolute atomic E-state index is 12.9. The molecule has 1 unspecified atom stereocenters. The van der Waals surface area contributed by atoms with E-state index in [1.807, 2.05) is 13.8 Å². The number of rotatable bonds is 7. The van der Waals surface area contributed by atoms with Crippen LogP contribution in [0.2, 0.25) is 5.02 Å². The van der Waals surface area contributed by atoms with Crippen molar-refractivity contribution in [1.29, 1.82) is 0 Å². The van der Waals surface area contributed by atoms with Crippen LogP contribution in [-0.2, 0) is 0 Å². The highest BCUT2D eigenvalue weighted by Crippen LogP contribution is 2.51. The second-order valence-corrected chi connectivity index (χ2v) is 7.89. The summed E-state index contributed by atoms with van der Waals surface area (Å²) in [4.78, 5) is 24.3. The molecule has 2 N–H and O–H groups in total. The number of hydrogen-bond acceptors (Lipinski definition) is 3. The van der Waals surface area contributed by atoms with Crippen LogP contribution in [0.15, 0.2) is 36.4 Å². The summed E-state index contributed by atoms with van der Waals surface area (Å²) >= 11 is 5.96. The lowest BCUT2D eigenvalue weighted by Gasteiger charge is -2.15. The minimum absolute atomic E-state index is 0.0214. The number of amides is 3. The Morgan fingerprint density at radius 2 is 1.83 bits per heavy atom. The molecule has 1 atom stereocenters. The van der Waals surface area contributed by atoms with Crippen LogP contribution in [0.1, 0.15) is 40.7 Å². The highest BCUT2D eigenvalue weighted by atomic mass is 35.5. The zero-order valence-corrected chi connectivity index (χ0v) is 17.5. The number of ether oxygens (including phenoxy) is 1. The van der Waals surface area contributed by atoms with E-state index in [2.05, 4.69) is 10.6 Å². The predicted molar refractivity (Wildman–Crippen MR) is 112 cm³/mol. The van der Waals surface area contributed by atoms with Crippen LogP contribution >= 0.6 is 11.6 Å². The minimum Gasteiger partial charge on any atom is -0.493 e. The molecule has 0 spiro atoms. The third-order valence-electron chi connectivity index (χ3n) is 4.96. The quantitative estimate of drug-likeness (QED) is 0.544. The van der Waals surface area contributed by atoms with Gasteiger partial charge in [0.1, 0.15) is 5.75 Å². The highest BCUT2D eigenvalue weighted by molar-refractivity contribution is 6.34. The molecule has 0 aromatic heterocycles. The van der Waals surface area contributed by atoms with Crippen LogP contribution in [0.25, 0.3) is 0 Å². The fraction of sp³-hybridized carbons (Fsp3) is 0.364. The van der Waals surface area contributed by atoms with Gasteiger partial charge in [-0.2, -0.15) is 0 Å². The number of carbonyl (C=O) groups excluding carboxylic acids is 2. The molecule has 3 rings (SSSR count). The van der Waals surface area contributed by atoms with Crippen molar-refractivity contribution < 1.29 is 23.1 Å². The first kappa shape index (κ1) is 22.0. The number of hydrogen-bond donors (Lipinski definition) is 2. The van der Waals surface area contributed by atoms with E-state index >= 15 is 0 Å². The van der Waals surface area contributed by atoms with E-state index in [9.17, 15) is 18.4 Å². The lowest BCUT2D eigenvalue weighted by Crippen LogP contribution is -2.34. The van der Waals surface area contributed by atoms with Crippen molar-refractivity contribution >= 4 is 29.2 Å². The van der Waals surface area contributed by atoms with E-state index in [0.29, 0.717) is 30.9 Å². The number of nitrogens with one attached hydrogen (secondary N) is 2. The second kappa shape index (κ2) is 9.00. The number of benzene rings is 2. The van der Waals surface area contributed by atoms with Gasteiger partial charge < -0.3 is 10.1 Å². The number of imide groups is 1. The van der Waals surface area contributed by atoms with Crippen LogP contribution in [-0.4, -0.2) is 24.5 Å². The van der Waals surface area contributed by atoms with Crippen molar-refractivity contribution in [2.24, 2.45) is 5.92 Å². The van der Waals surface area contributed by atoms with Crippen molar-refractivity contribution in [3.05, 3.63) is 58.1 Å². The fourth-order valence-corrected chi connectivity index (χ4v) is 3.54. The highest BCUT2D eigenvalue weighted by Gasteiger charge is 2.55. The Kier molecular flexibility index (Phi) is 6.61. The summed E-state index contributed by atoms with van der Waals surface area (Å²) in [5.41, 5.74) is 2.28. The normalized spacial score (nSPS) is 16.6. The molecule has 1 fully saturated rings. The van der Waals surface area contributed by atoms with Gasteiger partial charge in [0.25, 0.3) is 11.8 Å². The molecular weight excluding hydrogens is 414 g/mol. The molecule has 0 heterocycles. The van der Waals surface area contributed by atoms with Gasteiger partial charge in [-0.3, -0.25) is 10.1 Å². The Morgan fingerprint density at radius 3 is 2.43 bits per heavy atom. The molecule has 5 nitrogen and oxygen atoms in total. The summed E-state index contributed by atoms with van der Waals surface area (Å²) in [6.07, 6.45) is 0.989. The second-order valence-electron chi connectivity index (χ2n) is 7.48. The molecule has 8 heteroatoms. The van der Waals surface area contributed by atoms with Gasteiger partial charge in [-0.15, -0.1) is 0 Å². The van der Waals surface area contributed by atoms with Crippen molar-refractivity contribution in [1.82, 2.24) is 5.32 Å². The van der Waals surface area contributed by atoms with Crippen LogP contribution < -0.4 is 15.4 Å². The molecule has 30 heavy (non-hydrogen) atoms. The molecule has 0 radical (unpaired) electrons. The summed E-state index contributed by atoms with van der Waals surface area (Å²) in [6.45, 7) is 4.01. The number of anilines is 1. The van der Waals surface area contributed by atoms with Gasteiger partial charge in [-0.05, 0) is 62.1 Å². The first-order valence-electron chi connectivity index (χ1n) is 9.66. The molecule has 0 bridgehead atoms. The van der Waals surface area contributed by atoms with Crippen molar-refractivity contribution in [3.8, 4) is 5.75 Å². The zero-order valence-electron chi connectivity index (χ0n) is 16.7. The molecule has 1 saturated carbocycles. The third-order valence-corrected chi connectivity index (χ3v) is 5.29. The van der Waals surface area contributed by atoms with Gasteiger partial charge in [-0.1, -0.05) is 23.7 Å². The van der Waals surface area contributed by atoms with Crippen LogP contribution in [0, 0.1) is 19.8 Å². The van der Waals surface area contributed by atoms with Gasteiger partial charge >= 0.3 is 6.03 Å². The number of aryl methyl sites for hydroxylation is 2. The molecule has 2 aromatic carbocycles. The largest absolute Gasteiger partial charge is 0.493 e. The lowest BCUT2D eigenvalue weighted by molar-refractivity contribution is 0.0950. The van der Waals surface area contributed by atoms with Gasteiger partial charge in [0.2, 0.25) is 0 Å². The predicted octanol–water partition coefficient (Wildman–Crippen LogP) is 5.73. The number of urea groups is 1. The van der Waals surface area contributed by atoms with Gasteiger partial charge in [0.05, 0.1) is 17.2 Å². The SMILES string of the molecule is Cc1cc(NC(=O)NC(=O)c2ccccc2Cl)cc(C)c1OCCCC1CC1(F)F. The van der Waals surface area contributed by atoms with Crippen LogP contribution in [0.3, 0.4) is 0 Å². The van der Waals surface area contributed by atoms with E-state index in [0.717, 1.165) is 11.1 Å². The number of carbonyl (C=O) groups is 2. The Hall–Kier alpha value is -2.67. The maximum Gasteiger partial charge on any atom is 0.326 e.